The quantitative estimate of drug-likeness (QED) is 0.718. The molecule has 2 fully saturated rings. The smallest absolute Gasteiger partial charge is 0.326 e. The van der Waals surface area contributed by atoms with Gasteiger partial charge in [0.1, 0.15) is 12.3 Å². The summed E-state index contributed by atoms with van der Waals surface area (Å²) in [7, 11) is 2.94. The molecule has 26 heavy (non-hydrogen) atoms. The minimum Gasteiger partial charge on any atom is -0.472 e. The van der Waals surface area contributed by atoms with Gasteiger partial charge < -0.3 is 19.1 Å². The zero-order chi connectivity index (χ0) is 18.8. The molecule has 3 rings (SSSR count). The SMILES string of the molecule is CN1C(=O)C(CC(=O)N2CCCN(C(=O)c3ccoc3)CC2)N(C)C1=O. The Morgan fingerprint density at radius 2 is 1.81 bits per heavy atom. The van der Waals surface area contributed by atoms with Crippen molar-refractivity contribution >= 4 is 23.8 Å². The summed E-state index contributed by atoms with van der Waals surface area (Å²) in [6, 6.07) is 0.457. The van der Waals surface area contributed by atoms with Crippen molar-refractivity contribution in [1.82, 2.24) is 19.6 Å². The highest BCUT2D eigenvalue weighted by Gasteiger charge is 2.42. The third-order valence-electron chi connectivity index (χ3n) is 4.94. The van der Waals surface area contributed by atoms with Gasteiger partial charge in [0.15, 0.2) is 0 Å². The topological polar surface area (TPSA) is 94.4 Å². The molecule has 1 aromatic heterocycles. The van der Waals surface area contributed by atoms with Crippen molar-refractivity contribution in [3.63, 3.8) is 0 Å². The first-order valence-corrected chi connectivity index (χ1v) is 8.53. The molecule has 0 radical (unpaired) electrons. The lowest BCUT2D eigenvalue weighted by Crippen LogP contribution is -2.41. The van der Waals surface area contributed by atoms with Crippen LogP contribution in [0.2, 0.25) is 0 Å². The fraction of sp³-hybridized carbons (Fsp3) is 0.529. The number of likely N-dealkylation sites (N-methyl/N-ethyl adjacent to an activating group) is 2. The lowest BCUT2D eigenvalue weighted by molar-refractivity contribution is -0.136. The van der Waals surface area contributed by atoms with Gasteiger partial charge in [-0.15, -0.1) is 0 Å². The monoisotopic (exact) mass is 362 g/mol. The van der Waals surface area contributed by atoms with Crippen LogP contribution in [0.4, 0.5) is 4.79 Å². The molecule has 3 heterocycles. The molecular formula is C17H22N4O5. The highest BCUT2D eigenvalue weighted by Crippen LogP contribution is 2.18. The summed E-state index contributed by atoms with van der Waals surface area (Å²) in [5.41, 5.74) is 0.490. The second-order valence-electron chi connectivity index (χ2n) is 6.55. The van der Waals surface area contributed by atoms with Crippen molar-refractivity contribution in [3.8, 4) is 0 Å². The zero-order valence-electron chi connectivity index (χ0n) is 14.9. The molecule has 0 N–H and O–H groups in total. The van der Waals surface area contributed by atoms with E-state index in [0.717, 1.165) is 4.90 Å². The minimum absolute atomic E-state index is 0.0406. The second kappa shape index (κ2) is 7.19. The maximum absolute atomic E-state index is 12.6. The molecule has 2 aliphatic rings. The average molecular weight is 362 g/mol. The number of amides is 5. The summed E-state index contributed by atoms with van der Waals surface area (Å²) in [4.78, 5) is 54.6. The number of carbonyl (C=O) groups excluding carboxylic acids is 4. The molecule has 1 aromatic rings. The van der Waals surface area contributed by atoms with E-state index >= 15 is 0 Å². The van der Waals surface area contributed by atoms with Crippen LogP contribution in [0, 0.1) is 0 Å². The Morgan fingerprint density at radius 3 is 2.42 bits per heavy atom. The van der Waals surface area contributed by atoms with Crippen LogP contribution >= 0.6 is 0 Å². The van der Waals surface area contributed by atoms with E-state index in [4.69, 9.17) is 4.42 Å². The Hall–Kier alpha value is -2.84. The summed E-state index contributed by atoms with van der Waals surface area (Å²) in [5, 5.41) is 0. The van der Waals surface area contributed by atoms with E-state index in [2.05, 4.69) is 0 Å². The highest BCUT2D eigenvalue weighted by molar-refractivity contribution is 6.05. The summed E-state index contributed by atoms with van der Waals surface area (Å²) in [6.45, 7) is 1.89. The van der Waals surface area contributed by atoms with Gasteiger partial charge in [0.05, 0.1) is 18.2 Å². The van der Waals surface area contributed by atoms with E-state index in [1.165, 1.54) is 31.5 Å². The second-order valence-corrected chi connectivity index (χ2v) is 6.55. The number of carbonyl (C=O) groups is 4. The molecule has 2 saturated heterocycles. The van der Waals surface area contributed by atoms with Gasteiger partial charge in [0, 0.05) is 40.3 Å². The van der Waals surface area contributed by atoms with Crippen LogP contribution in [0.3, 0.4) is 0 Å². The van der Waals surface area contributed by atoms with Crippen molar-refractivity contribution in [2.75, 3.05) is 40.3 Å². The van der Waals surface area contributed by atoms with Crippen molar-refractivity contribution in [3.05, 3.63) is 24.2 Å². The number of hydrogen-bond donors (Lipinski definition) is 0. The molecular weight excluding hydrogens is 340 g/mol. The Kier molecular flexibility index (Phi) is 4.97. The summed E-state index contributed by atoms with van der Waals surface area (Å²) >= 11 is 0. The van der Waals surface area contributed by atoms with Gasteiger partial charge in [-0.3, -0.25) is 19.3 Å². The summed E-state index contributed by atoms with van der Waals surface area (Å²) in [5.74, 6) is -0.667. The van der Waals surface area contributed by atoms with Crippen LogP contribution < -0.4 is 0 Å². The Morgan fingerprint density at radius 1 is 1.12 bits per heavy atom. The normalized spacial score (nSPS) is 21.4. The molecule has 2 aliphatic heterocycles. The molecule has 9 heteroatoms. The number of urea groups is 1. The minimum atomic E-state index is -0.757. The molecule has 9 nitrogen and oxygen atoms in total. The number of nitrogens with zero attached hydrogens (tertiary/aromatic N) is 4. The van der Waals surface area contributed by atoms with Crippen LogP contribution in [-0.4, -0.2) is 89.7 Å². The van der Waals surface area contributed by atoms with Gasteiger partial charge in [-0.1, -0.05) is 0 Å². The molecule has 0 aromatic carbocycles. The van der Waals surface area contributed by atoms with Gasteiger partial charge in [-0.05, 0) is 12.5 Å². The van der Waals surface area contributed by atoms with Crippen molar-refractivity contribution in [1.29, 1.82) is 0 Å². The summed E-state index contributed by atoms with van der Waals surface area (Å²) < 4.78 is 4.95. The van der Waals surface area contributed by atoms with E-state index < -0.39 is 12.1 Å². The lowest BCUT2D eigenvalue weighted by atomic mass is 10.1. The van der Waals surface area contributed by atoms with Crippen molar-refractivity contribution < 1.29 is 23.6 Å². The largest absolute Gasteiger partial charge is 0.472 e. The van der Waals surface area contributed by atoms with Crippen LogP contribution in [0.15, 0.2) is 23.0 Å². The van der Waals surface area contributed by atoms with E-state index in [1.807, 2.05) is 0 Å². The first kappa shape index (κ1) is 18.0. The molecule has 0 spiro atoms. The maximum Gasteiger partial charge on any atom is 0.326 e. The van der Waals surface area contributed by atoms with E-state index in [1.54, 1.807) is 15.9 Å². The van der Waals surface area contributed by atoms with E-state index in [9.17, 15) is 19.2 Å². The molecule has 5 amide bonds. The zero-order valence-corrected chi connectivity index (χ0v) is 14.9. The van der Waals surface area contributed by atoms with Crippen LogP contribution in [-0.2, 0) is 9.59 Å². The predicted molar refractivity (Wildman–Crippen MR) is 90.1 cm³/mol. The van der Waals surface area contributed by atoms with E-state index in [-0.39, 0.29) is 24.1 Å². The highest BCUT2D eigenvalue weighted by atomic mass is 16.3. The molecule has 0 aliphatic carbocycles. The van der Waals surface area contributed by atoms with E-state index in [0.29, 0.717) is 38.2 Å². The first-order valence-electron chi connectivity index (χ1n) is 8.53. The number of imide groups is 1. The maximum atomic E-state index is 12.6. The third kappa shape index (κ3) is 3.29. The lowest BCUT2D eigenvalue weighted by Gasteiger charge is -2.24. The van der Waals surface area contributed by atoms with Crippen molar-refractivity contribution in [2.45, 2.75) is 18.9 Å². The number of hydrogen-bond acceptors (Lipinski definition) is 5. The van der Waals surface area contributed by atoms with Crippen molar-refractivity contribution in [2.24, 2.45) is 0 Å². The molecule has 0 bridgehead atoms. The van der Waals surface area contributed by atoms with Gasteiger partial charge in [-0.2, -0.15) is 0 Å². The predicted octanol–water partition coefficient (Wildman–Crippen LogP) is 0.237. The van der Waals surface area contributed by atoms with Gasteiger partial charge in [0.25, 0.3) is 11.8 Å². The Labute approximate surface area is 151 Å². The molecule has 140 valence electrons. The fourth-order valence-corrected chi connectivity index (χ4v) is 3.31. The van der Waals surface area contributed by atoms with Crippen LogP contribution in [0.1, 0.15) is 23.2 Å². The number of furan rings is 1. The van der Waals surface area contributed by atoms with Gasteiger partial charge in [0.2, 0.25) is 5.91 Å². The number of rotatable bonds is 3. The molecule has 0 saturated carbocycles. The Balaban J connectivity index is 1.59. The summed E-state index contributed by atoms with van der Waals surface area (Å²) in [6.07, 6.45) is 3.48. The standard InChI is InChI=1S/C17H22N4O5/c1-18-13(16(24)19(2)17(18)25)10-14(22)20-5-3-6-21(8-7-20)15(23)12-4-9-26-11-12/h4,9,11,13H,3,5-8,10H2,1-2H3. The fourth-order valence-electron chi connectivity index (χ4n) is 3.31. The van der Waals surface area contributed by atoms with Gasteiger partial charge >= 0.3 is 6.03 Å². The Bertz CT molecular complexity index is 717. The van der Waals surface area contributed by atoms with Crippen LogP contribution in [0.5, 0.6) is 0 Å². The van der Waals surface area contributed by atoms with Crippen LogP contribution in [0.25, 0.3) is 0 Å². The van der Waals surface area contributed by atoms with Gasteiger partial charge in [-0.25, -0.2) is 4.79 Å². The average Bonchev–Trinajstić information content (AvgIpc) is 3.13. The molecule has 1 atom stereocenters. The third-order valence-corrected chi connectivity index (χ3v) is 4.94. The first-order chi connectivity index (χ1) is 12.4. The molecule has 1 unspecified atom stereocenters.